The maximum absolute atomic E-state index is 12.3. The van der Waals surface area contributed by atoms with Crippen molar-refractivity contribution in [3.8, 4) is 0 Å². The van der Waals surface area contributed by atoms with Crippen molar-refractivity contribution >= 4 is 11.9 Å². The molecule has 0 saturated heterocycles. The number of rotatable bonds is 5. The number of allylic oxidation sites excluding steroid dienone is 2. The summed E-state index contributed by atoms with van der Waals surface area (Å²) in [6.45, 7) is 5.85. The van der Waals surface area contributed by atoms with Crippen LogP contribution in [-0.4, -0.2) is 5.78 Å². The van der Waals surface area contributed by atoms with Gasteiger partial charge >= 0.3 is 0 Å². The maximum atomic E-state index is 12.3. The topological polar surface area (TPSA) is 17.1 Å². The molecule has 0 radical (unpaired) electrons. The highest BCUT2D eigenvalue weighted by molar-refractivity contribution is 6.09. The van der Waals surface area contributed by atoms with Crippen LogP contribution in [-0.2, 0) is 0 Å². The zero-order valence-electron chi connectivity index (χ0n) is 11.7. The van der Waals surface area contributed by atoms with E-state index in [9.17, 15) is 4.79 Å². The van der Waals surface area contributed by atoms with Crippen LogP contribution in [0.2, 0.25) is 0 Å². The fourth-order valence-electron chi connectivity index (χ4n) is 2.01. The SMILES string of the molecule is C=C(C/C=C/c1ccccc1)C(=O)c1ccccc1C. The molecule has 0 spiro atoms. The van der Waals surface area contributed by atoms with Crippen molar-refractivity contribution < 1.29 is 4.79 Å². The van der Waals surface area contributed by atoms with Crippen molar-refractivity contribution in [1.29, 1.82) is 0 Å². The number of Topliss-reactive ketones (excluding diaryl/α,β-unsaturated/α-hetero) is 1. The first-order chi connectivity index (χ1) is 9.68. The summed E-state index contributed by atoms with van der Waals surface area (Å²) in [7, 11) is 0. The van der Waals surface area contributed by atoms with E-state index in [0.717, 1.165) is 16.7 Å². The molecule has 0 aliphatic heterocycles. The lowest BCUT2D eigenvalue weighted by atomic mass is 9.98. The van der Waals surface area contributed by atoms with E-state index in [1.165, 1.54) is 0 Å². The van der Waals surface area contributed by atoms with Crippen LogP contribution in [0, 0.1) is 6.92 Å². The van der Waals surface area contributed by atoms with Gasteiger partial charge in [0.25, 0.3) is 0 Å². The number of carbonyl (C=O) groups excluding carboxylic acids is 1. The van der Waals surface area contributed by atoms with E-state index < -0.39 is 0 Å². The lowest BCUT2D eigenvalue weighted by molar-refractivity contribution is 0.103. The van der Waals surface area contributed by atoms with E-state index in [2.05, 4.69) is 6.58 Å². The molecule has 0 atom stereocenters. The molecule has 2 rings (SSSR count). The van der Waals surface area contributed by atoms with Gasteiger partial charge in [-0.25, -0.2) is 0 Å². The summed E-state index contributed by atoms with van der Waals surface area (Å²) in [6.07, 6.45) is 4.56. The van der Waals surface area contributed by atoms with Gasteiger partial charge in [-0.05, 0) is 30.0 Å². The van der Waals surface area contributed by atoms with Gasteiger partial charge in [0.05, 0.1) is 0 Å². The van der Waals surface area contributed by atoms with Crippen LogP contribution in [0.3, 0.4) is 0 Å². The molecule has 0 saturated carbocycles. The first kappa shape index (κ1) is 14.0. The number of hydrogen-bond donors (Lipinski definition) is 0. The average molecular weight is 262 g/mol. The Hall–Kier alpha value is -2.41. The third kappa shape index (κ3) is 3.55. The molecule has 1 heteroatoms. The molecular formula is C19H18O. The van der Waals surface area contributed by atoms with Gasteiger partial charge in [0, 0.05) is 5.56 Å². The highest BCUT2D eigenvalue weighted by atomic mass is 16.1. The van der Waals surface area contributed by atoms with Crippen molar-refractivity contribution in [2.75, 3.05) is 0 Å². The van der Waals surface area contributed by atoms with Gasteiger partial charge < -0.3 is 0 Å². The van der Waals surface area contributed by atoms with E-state index in [1.54, 1.807) is 0 Å². The second-order valence-electron chi connectivity index (χ2n) is 4.76. The van der Waals surface area contributed by atoms with Gasteiger partial charge in [-0.1, -0.05) is 73.3 Å². The molecule has 20 heavy (non-hydrogen) atoms. The molecule has 0 aliphatic rings. The minimum absolute atomic E-state index is 0.0285. The Morgan fingerprint density at radius 3 is 2.40 bits per heavy atom. The van der Waals surface area contributed by atoms with E-state index in [4.69, 9.17) is 0 Å². The minimum Gasteiger partial charge on any atom is -0.289 e. The molecule has 0 fully saturated rings. The molecular weight excluding hydrogens is 244 g/mol. The summed E-state index contributed by atoms with van der Waals surface area (Å²) in [6, 6.07) is 17.6. The van der Waals surface area contributed by atoms with Crippen LogP contribution in [0.5, 0.6) is 0 Å². The molecule has 0 bridgehead atoms. The Bertz CT molecular complexity index is 636. The lowest BCUT2D eigenvalue weighted by Crippen LogP contribution is -2.03. The molecule has 0 amide bonds. The summed E-state index contributed by atoms with van der Waals surface area (Å²) >= 11 is 0. The third-order valence-electron chi connectivity index (χ3n) is 3.18. The Morgan fingerprint density at radius 1 is 1.05 bits per heavy atom. The standard InChI is InChI=1S/C19H18O/c1-15-9-6-7-14-18(15)19(20)16(2)10-8-13-17-11-4-3-5-12-17/h3-9,11-14H,2,10H2,1H3/b13-8+. The van der Waals surface area contributed by atoms with E-state index in [1.807, 2.05) is 73.7 Å². The largest absolute Gasteiger partial charge is 0.289 e. The number of ketones is 1. The van der Waals surface area contributed by atoms with Crippen molar-refractivity contribution in [1.82, 2.24) is 0 Å². The minimum atomic E-state index is 0.0285. The maximum Gasteiger partial charge on any atom is 0.188 e. The Balaban J connectivity index is 2.01. The molecule has 0 aromatic heterocycles. The zero-order chi connectivity index (χ0) is 14.4. The average Bonchev–Trinajstić information content (AvgIpc) is 2.48. The van der Waals surface area contributed by atoms with Crippen LogP contribution < -0.4 is 0 Å². The fraction of sp³-hybridized carbons (Fsp3) is 0.105. The highest BCUT2D eigenvalue weighted by Crippen LogP contribution is 2.15. The Kier molecular flexibility index (Phi) is 4.67. The predicted octanol–water partition coefficient (Wildman–Crippen LogP) is 4.84. The fourth-order valence-corrected chi connectivity index (χ4v) is 2.01. The molecule has 0 heterocycles. The molecule has 0 N–H and O–H groups in total. The van der Waals surface area contributed by atoms with Crippen LogP contribution >= 0.6 is 0 Å². The Labute approximate surface area is 120 Å². The van der Waals surface area contributed by atoms with Crippen molar-refractivity contribution in [3.63, 3.8) is 0 Å². The van der Waals surface area contributed by atoms with Crippen molar-refractivity contribution in [3.05, 3.63) is 89.5 Å². The van der Waals surface area contributed by atoms with Gasteiger partial charge in [-0.3, -0.25) is 4.79 Å². The second kappa shape index (κ2) is 6.67. The third-order valence-corrected chi connectivity index (χ3v) is 3.18. The monoisotopic (exact) mass is 262 g/mol. The van der Waals surface area contributed by atoms with Gasteiger partial charge in [0.2, 0.25) is 0 Å². The van der Waals surface area contributed by atoms with Crippen LogP contribution in [0.1, 0.15) is 27.9 Å². The van der Waals surface area contributed by atoms with E-state index >= 15 is 0 Å². The smallest absolute Gasteiger partial charge is 0.188 e. The summed E-state index contributed by atoms with van der Waals surface area (Å²) in [5, 5.41) is 0. The van der Waals surface area contributed by atoms with Crippen molar-refractivity contribution in [2.24, 2.45) is 0 Å². The molecule has 100 valence electrons. The number of aryl methyl sites for hydroxylation is 1. The van der Waals surface area contributed by atoms with Gasteiger partial charge in [0.15, 0.2) is 5.78 Å². The molecule has 0 aliphatic carbocycles. The lowest BCUT2D eigenvalue weighted by Gasteiger charge is -2.05. The summed E-state index contributed by atoms with van der Waals surface area (Å²) in [4.78, 5) is 12.3. The zero-order valence-corrected chi connectivity index (χ0v) is 11.7. The predicted molar refractivity (Wildman–Crippen MR) is 84.7 cm³/mol. The van der Waals surface area contributed by atoms with Crippen molar-refractivity contribution in [2.45, 2.75) is 13.3 Å². The first-order valence-electron chi connectivity index (χ1n) is 6.68. The number of hydrogen-bond acceptors (Lipinski definition) is 1. The second-order valence-corrected chi connectivity index (χ2v) is 4.76. The normalized spacial score (nSPS) is 10.7. The molecule has 2 aromatic carbocycles. The molecule has 1 nitrogen and oxygen atoms in total. The molecule has 0 unspecified atom stereocenters. The quantitative estimate of drug-likeness (QED) is 0.556. The van der Waals surface area contributed by atoms with E-state index in [0.29, 0.717) is 12.0 Å². The summed E-state index contributed by atoms with van der Waals surface area (Å²) in [5.74, 6) is 0.0285. The van der Waals surface area contributed by atoms with Gasteiger partial charge in [-0.2, -0.15) is 0 Å². The number of benzene rings is 2. The first-order valence-corrected chi connectivity index (χ1v) is 6.68. The van der Waals surface area contributed by atoms with Crippen LogP contribution in [0.25, 0.3) is 6.08 Å². The molecule has 2 aromatic rings. The summed E-state index contributed by atoms with van der Waals surface area (Å²) < 4.78 is 0. The highest BCUT2D eigenvalue weighted by Gasteiger charge is 2.10. The Morgan fingerprint density at radius 2 is 1.70 bits per heavy atom. The summed E-state index contributed by atoms with van der Waals surface area (Å²) in [5.41, 5.74) is 3.48. The van der Waals surface area contributed by atoms with Crippen LogP contribution in [0.15, 0.2) is 72.8 Å². The van der Waals surface area contributed by atoms with Gasteiger partial charge in [-0.15, -0.1) is 0 Å². The number of carbonyl (C=O) groups is 1. The van der Waals surface area contributed by atoms with Crippen LogP contribution in [0.4, 0.5) is 0 Å². The van der Waals surface area contributed by atoms with E-state index in [-0.39, 0.29) is 5.78 Å². The van der Waals surface area contributed by atoms with Gasteiger partial charge in [0.1, 0.15) is 0 Å².